The lowest BCUT2D eigenvalue weighted by molar-refractivity contribution is 0.0704. The van der Waals surface area contributed by atoms with Crippen molar-refractivity contribution in [2.24, 2.45) is 17.8 Å². The van der Waals surface area contributed by atoms with Crippen molar-refractivity contribution >= 4 is 41.1 Å². The van der Waals surface area contributed by atoms with Gasteiger partial charge in [0.05, 0.1) is 0 Å². The summed E-state index contributed by atoms with van der Waals surface area (Å²) in [6.07, 6.45) is 7.98. The van der Waals surface area contributed by atoms with Crippen molar-refractivity contribution < 1.29 is 26.6 Å². The third kappa shape index (κ3) is 11.4. The van der Waals surface area contributed by atoms with E-state index in [1.54, 1.807) is 0 Å². The van der Waals surface area contributed by atoms with E-state index in [0.29, 0.717) is 39.6 Å². The van der Waals surface area contributed by atoms with Crippen LogP contribution in [0.25, 0.3) is 0 Å². The summed E-state index contributed by atoms with van der Waals surface area (Å²) in [5, 5.41) is 0.866. The number of hydrogen-bond acceptors (Lipinski definition) is 8. The van der Waals surface area contributed by atoms with Crippen LogP contribution in [0.2, 0.25) is 12.1 Å². The Morgan fingerprint density at radius 2 is 1.05 bits per heavy atom. The number of fused-ring (bicyclic) bond motifs is 2. The normalized spacial score (nSPS) is 23.8. The van der Waals surface area contributed by atoms with Crippen LogP contribution in [-0.4, -0.2) is 79.8 Å². The number of rotatable bonds is 24. The molecule has 2 aliphatic carbocycles. The van der Waals surface area contributed by atoms with Crippen molar-refractivity contribution in [3.05, 3.63) is 0 Å². The topological polar surface area (TPSA) is 55.4 Å². The van der Waals surface area contributed by atoms with Crippen molar-refractivity contribution in [1.82, 2.24) is 0 Å². The first kappa shape index (κ1) is 34.1. The van der Waals surface area contributed by atoms with E-state index in [1.807, 2.05) is 41.5 Å². The predicted molar refractivity (Wildman–Crippen MR) is 163 cm³/mol. The van der Waals surface area contributed by atoms with E-state index >= 15 is 0 Å². The van der Waals surface area contributed by atoms with Gasteiger partial charge in [0.2, 0.25) is 0 Å². The van der Waals surface area contributed by atoms with E-state index in [-0.39, 0.29) is 0 Å². The van der Waals surface area contributed by atoms with E-state index in [4.69, 9.17) is 26.6 Å². The number of hydrogen-bond donors (Lipinski definition) is 0. The molecule has 0 heterocycles. The molecule has 10 heteroatoms. The monoisotopic (exact) mass is 596 g/mol. The smallest absolute Gasteiger partial charge is 0.374 e. The van der Waals surface area contributed by atoms with Gasteiger partial charge >= 0.3 is 17.6 Å². The second kappa shape index (κ2) is 19.1. The summed E-state index contributed by atoms with van der Waals surface area (Å²) in [5.74, 6) is 6.52. The van der Waals surface area contributed by atoms with Crippen molar-refractivity contribution in [2.45, 2.75) is 97.4 Å². The first-order valence-corrected chi connectivity index (χ1v) is 21.1. The van der Waals surface area contributed by atoms with Crippen molar-refractivity contribution in [3.63, 3.8) is 0 Å². The third-order valence-electron chi connectivity index (χ3n) is 7.49. The molecule has 2 bridgehead atoms. The van der Waals surface area contributed by atoms with Crippen molar-refractivity contribution in [3.8, 4) is 0 Å². The molecule has 0 saturated heterocycles. The quantitative estimate of drug-likeness (QED) is 0.0861. The molecule has 0 amide bonds. The summed E-state index contributed by atoms with van der Waals surface area (Å²) < 4.78 is 36.0. The maximum Gasteiger partial charge on any atom is 0.500 e. The zero-order valence-corrected chi connectivity index (χ0v) is 28.2. The lowest BCUT2D eigenvalue weighted by Crippen LogP contribution is -2.46. The Morgan fingerprint density at radius 3 is 1.49 bits per heavy atom. The lowest BCUT2D eigenvalue weighted by Gasteiger charge is -2.29. The highest BCUT2D eigenvalue weighted by Gasteiger charge is 2.46. The van der Waals surface area contributed by atoms with Crippen LogP contribution in [-0.2, 0) is 26.6 Å². The van der Waals surface area contributed by atoms with Gasteiger partial charge in [-0.15, -0.1) is 0 Å². The highest BCUT2D eigenvalue weighted by molar-refractivity contribution is 8.00. The van der Waals surface area contributed by atoms with Crippen LogP contribution in [0.1, 0.15) is 80.1 Å². The summed E-state index contributed by atoms with van der Waals surface area (Å²) in [7, 11) is -4.95. The lowest BCUT2D eigenvalue weighted by atomic mass is 9.87. The summed E-state index contributed by atoms with van der Waals surface area (Å²) in [4.78, 5) is 0. The van der Waals surface area contributed by atoms with E-state index in [9.17, 15) is 0 Å². The molecule has 37 heavy (non-hydrogen) atoms. The largest absolute Gasteiger partial charge is 0.500 e. The molecule has 220 valence electrons. The van der Waals surface area contributed by atoms with Crippen LogP contribution in [0.4, 0.5) is 0 Å². The fourth-order valence-corrected chi connectivity index (χ4v) is 14.4. The maximum atomic E-state index is 6.02. The minimum absolute atomic E-state index is 0.666. The molecule has 0 spiro atoms. The molecule has 2 saturated carbocycles. The highest BCUT2D eigenvalue weighted by atomic mass is 32.2. The minimum Gasteiger partial charge on any atom is -0.374 e. The zero-order chi connectivity index (χ0) is 27.0. The molecule has 0 aromatic heterocycles. The summed E-state index contributed by atoms with van der Waals surface area (Å²) >= 11 is 4.32. The summed E-state index contributed by atoms with van der Waals surface area (Å²) in [6.45, 7) is 16.2. The standard InChI is InChI=1S/C27H56O6S2Si2/c1-7-28-36(29-8-2,30-9-3)19-13-16-34-18-15-24-21-26-22-25(24)23-27(26)35-17-14-20-37(31-10-4,32-11-5)33-12-6/h24-27H,7-23H2,1-6H3. The van der Waals surface area contributed by atoms with Crippen LogP contribution in [0, 0.1) is 17.8 Å². The molecule has 2 fully saturated rings. The molecule has 2 rings (SSSR count). The zero-order valence-electron chi connectivity index (χ0n) is 24.6. The third-order valence-corrected chi connectivity index (χ3v) is 16.4. The SMILES string of the molecule is CCO[Si](CCCSCCC1CC2CC1CC2SCCC[Si](OCC)(OCC)OCC)(OCC)OCC. The fourth-order valence-electron chi connectivity index (χ4n) is 6.15. The van der Waals surface area contributed by atoms with Gasteiger partial charge in [-0.3, -0.25) is 0 Å². The molecule has 0 radical (unpaired) electrons. The molecule has 6 nitrogen and oxygen atoms in total. The molecule has 4 atom stereocenters. The minimum atomic E-state index is -2.48. The predicted octanol–water partition coefficient (Wildman–Crippen LogP) is 7.13. The first-order valence-electron chi connectivity index (χ1n) is 15.0. The van der Waals surface area contributed by atoms with E-state index in [2.05, 4.69) is 23.5 Å². The van der Waals surface area contributed by atoms with E-state index in [1.165, 1.54) is 42.9 Å². The Bertz CT molecular complexity index is 557. The summed E-state index contributed by atoms with van der Waals surface area (Å²) in [5.41, 5.74) is 0. The van der Waals surface area contributed by atoms with Crippen molar-refractivity contribution in [2.75, 3.05) is 56.9 Å². The Morgan fingerprint density at radius 1 is 0.568 bits per heavy atom. The first-order chi connectivity index (χ1) is 18.0. The highest BCUT2D eigenvalue weighted by Crippen LogP contribution is 2.54. The van der Waals surface area contributed by atoms with Crippen LogP contribution in [0.15, 0.2) is 0 Å². The average Bonchev–Trinajstić information content (AvgIpc) is 3.45. The van der Waals surface area contributed by atoms with Gasteiger partial charge in [-0.2, -0.15) is 23.5 Å². The van der Waals surface area contributed by atoms with Gasteiger partial charge < -0.3 is 26.6 Å². The molecule has 0 aromatic rings. The second-order valence-electron chi connectivity index (χ2n) is 9.97. The van der Waals surface area contributed by atoms with Gasteiger partial charge in [-0.05, 0) is 115 Å². The van der Waals surface area contributed by atoms with Crippen LogP contribution in [0.5, 0.6) is 0 Å². The Kier molecular flexibility index (Phi) is 17.6. The number of thioether (sulfide) groups is 2. The Hall–Kier alpha value is 0.894. The maximum absolute atomic E-state index is 6.02. The molecule has 0 N–H and O–H groups in total. The van der Waals surface area contributed by atoms with E-state index < -0.39 is 17.6 Å². The summed E-state index contributed by atoms with van der Waals surface area (Å²) in [6, 6.07) is 1.88. The molecule has 4 unspecified atom stereocenters. The van der Waals surface area contributed by atoms with E-state index in [0.717, 1.165) is 47.9 Å². The molecular formula is C27H56O6S2Si2. The van der Waals surface area contributed by atoms with Gasteiger partial charge in [0.1, 0.15) is 0 Å². The second-order valence-corrected chi connectivity index (χ2v) is 18.0. The molecular weight excluding hydrogens is 541 g/mol. The molecule has 0 aliphatic heterocycles. The molecule has 2 aliphatic rings. The van der Waals surface area contributed by atoms with Gasteiger partial charge in [-0.1, -0.05) is 0 Å². The van der Waals surface area contributed by atoms with Gasteiger partial charge in [0.15, 0.2) is 0 Å². The van der Waals surface area contributed by atoms with Crippen LogP contribution in [0.3, 0.4) is 0 Å². The Balaban J connectivity index is 1.61. The molecule has 0 aromatic carbocycles. The Labute approximate surface area is 239 Å². The van der Waals surface area contributed by atoms with Gasteiger partial charge in [0.25, 0.3) is 0 Å². The van der Waals surface area contributed by atoms with Gasteiger partial charge in [0, 0.05) is 57.0 Å². The van der Waals surface area contributed by atoms with Crippen LogP contribution < -0.4 is 0 Å². The average molecular weight is 597 g/mol. The van der Waals surface area contributed by atoms with Gasteiger partial charge in [-0.25, -0.2) is 0 Å². The van der Waals surface area contributed by atoms with Crippen LogP contribution >= 0.6 is 23.5 Å². The fraction of sp³-hybridized carbons (Fsp3) is 1.00. The van der Waals surface area contributed by atoms with Crippen molar-refractivity contribution in [1.29, 1.82) is 0 Å².